The zero-order chi connectivity index (χ0) is 17.5. The molecule has 0 amide bonds. The standard InChI is InChI=1S/C21H15N3O2/c25-13-15-7-8-20(26-15)14-6-9-21-23-19(12-24(21)11-14)17-3-1-5-18-16(17)4-2-10-22-18/h1-12,25H,13H2. The van der Waals surface area contributed by atoms with Crippen LogP contribution in [0.15, 0.2) is 77.6 Å². The lowest BCUT2D eigenvalue weighted by Crippen LogP contribution is -1.84. The lowest BCUT2D eigenvalue weighted by atomic mass is 10.1. The maximum absolute atomic E-state index is 9.17. The van der Waals surface area contributed by atoms with Crippen LogP contribution in [-0.4, -0.2) is 19.5 Å². The molecule has 0 radical (unpaired) electrons. The fourth-order valence-electron chi connectivity index (χ4n) is 3.21. The molecule has 4 heterocycles. The van der Waals surface area contributed by atoms with Crippen molar-refractivity contribution >= 4 is 16.6 Å². The van der Waals surface area contributed by atoms with Gasteiger partial charge in [0.2, 0.25) is 0 Å². The van der Waals surface area contributed by atoms with Crippen LogP contribution in [-0.2, 0) is 6.61 Å². The van der Waals surface area contributed by atoms with Crippen molar-refractivity contribution < 1.29 is 9.52 Å². The molecule has 0 bridgehead atoms. The summed E-state index contributed by atoms with van der Waals surface area (Å²) in [4.78, 5) is 9.17. The third-order valence-electron chi connectivity index (χ3n) is 4.47. The van der Waals surface area contributed by atoms with Crippen LogP contribution in [0.1, 0.15) is 5.76 Å². The van der Waals surface area contributed by atoms with E-state index in [-0.39, 0.29) is 6.61 Å². The van der Waals surface area contributed by atoms with Crippen LogP contribution < -0.4 is 0 Å². The molecule has 0 aliphatic heterocycles. The number of aromatic nitrogens is 3. The Hall–Kier alpha value is -3.44. The van der Waals surface area contributed by atoms with E-state index in [1.54, 1.807) is 12.3 Å². The van der Waals surface area contributed by atoms with E-state index in [2.05, 4.69) is 17.1 Å². The number of benzene rings is 1. The number of nitrogens with zero attached hydrogens (tertiary/aromatic N) is 3. The summed E-state index contributed by atoms with van der Waals surface area (Å²) < 4.78 is 7.61. The molecule has 4 aromatic heterocycles. The Balaban J connectivity index is 1.64. The fraction of sp³-hybridized carbons (Fsp3) is 0.0476. The second-order valence-corrected chi connectivity index (χ2v) is 6.11. The van der Waals surface area contributed by atoms with E-state index in [0.29, 0.717) is 5.76 Å². The summed E-state index contributed by atoms with van der Waals surface area (Å²) >= 11 is 0. The Morgan fingerprint density at radius 3 is 2.81 bits per heavy atom. The number of fused-ring (bicyclic) bond motifs is 2. The van der Waals surface area contributed by atoms with Gasteiger partial charge in [-0.25, -0.2) is 4.98 Å². The summed E-state index contributed by atoms with van der Waals surface area (Å²) in [7, 11) is 0. The molecule has 0 aliphatic carbocycles. The lowest BCUT2D eigenvalue weighted by molar-refractivity contribution is 0.248. The topological polar surface area (TPSA) is 63.6 Å². The van der Waals surface area contributed by atoms with Crippen molar-refractivity contribution in [1.29, 1.82) is 0 Å². The smallest absolute Gasteiger partial charge is 0.137 e. The van der Waals surface area contributed by atoms with Crippen molar-refractivity contribution in [2.75, 3.05) is 0 Å². The average Bonchev–Trinajstić information content (AvgIpc) is 3.33. The van der Waals surface area contributed by atoms with E-state index >= 15 is 0 Å². The summed E-state index contributed by atoms with van der Waals surface area (Å²) in [5.74, 6) is 1.27. The molecular weight excluding hydrogens is 326 g/mol. The van der Waals surface area contributed by atoms with Gasteiger partial charge in [-0.05, 0) is 36.4 Å². The molecule has 1 N–H and O–H groups in total. The number of aliphatic hydroxyl groups excluding tert-OH is 1. The average molecular weight is 341 g/mol. The van der Waals surface area contributed by atoms with Crippen molar-refractivity contribution in [1.82, 2.24) is 14.4 Å². The lowest BCUT2D eigenvalue weighted by Gasteiger charge is -2.02. The predicted octanol–water partition coefficient (Wildman–Crippen LogP) is 4.30. The van der Waals surface area contributed by atoms with E-state index in [1.807, 2.05) is 53.2 Å². The molecule has 5 heteroatoms. The van der Waals surface area contributed by atoms with Gasteiger partial charge < -0.3 is 13.9 Å². The van der Waals surface area contributed by atoms with Gasteiger partial charge in [-0.3, -0.25) is 4.98 Å². The summed E-state index contributed by atoms with van der Waals surface area (Å²) in [6.07, 6.45) is 5.79. The normalized spacial score (nSPS) is 11.4. The Bertz CT molecular complexity index is 1230. The van der Waals surface area contributed by atoms with E-state index < -0.39 is 0 Å². The molecule has 0 saturated carbocycles. The van der Waals surface area contributed by atoms with Gasteiger partial charge >= 0.3 is 0 Å². The quantitative estimate of drug-likeness (QED) is 0.531. The second kappa shape index (κ2) is 5.82. The molecule has 0 fully saturated rings. The van der Waals surface area contributed by atoms with Crippen LogP contribution in [0, 0.1) is 0 Å². The molecule has 26 heavy (non-hydrogen) atoms. The first-order valence-electron chi connectivity index (χ1n) is 8.35. The monoisotopic (exact) mass is 341 g/mol. The third kappa shape index (κ3) is 2.37. The van der Waals surface area contributed by atoms with Gasteiger partial charge in [-0.15, -0.1) is 0 Å². The number of furan rings is 1. The van der Waals surface area contributed by atoms with Gasteiger partial charge in [0, 0.05) is 35.1 Å². The highest BCUT2D eigenvalue weighted by Gasteiger charge is 2.10. The Kier molecular flexibility index (Phi) is 3.33. The molecule has 0 unspecified atom stereocenters. The fourth-order valence-corrected chi connectivity index (χ4v) is 3.21. The molecular formula is C21H15N3O2. The predicted molar refractivity (Wildman–Crippen MR) is 99.6 cm³/mol. The first-order chi connectivity index (χ1) is 12.8. The Morgan fingerprint density at radius 1 is 0.962 bits per heavy atom. The molecule has 126 valence electrons. The van der Waals surface area contributed by atoms with Crippen molar-refractivity contribution in [2.24, 2.45) is 0 Å². The first kappa shape index (κ1) is 14.9. The highest BCUT2D eigenvalue weighted by atomic mass is 16.4. The molecule has 0 atom stereocenters. The van der Waals surface area contributed by atoms with E-state index in [1.165, 1.54) is 0 Å². The van der Waals surface area contributed by atoms with Crippen LogP contribution in [0.5, 0.6) is 0 Å². The van der Waals surface area contributed by atoms with Crippen molar-refractivity contribution in [3.05, 3.63) is 78.9 Å². The molecule has 5 rings (SSSR count). The van der Waals surface area contributed by atoms with Gasteiger partial charge in [0.1, 0.15) is 23.8 Å². The first-order valence-corrected chi connectivity index (χ1v) is 8.35. The number of hydrogen-bond donors (Lipinski definition) is 1. The van der Waals surface area contributed by atoms with Crippen LogP contribution in [0.4, 0.5) is 0 Å². The van der Waals surface area contributed by atoms with Crippen LogP contribution >= 0.6 is 0 Å². The number of hydrogen-bond acceptors (Lipinski definition) is 4. The molecule has 0 aliphatic rings. The van der Waals surface area contributed by atoms with Gasteiger partial charge in [0.15, 0.2) is 0 Å². The maximum atomic E-state index is 9.17. The molecule has 0 spiro atoms. The summed E-state index contributed by atoms with van der Waals surface area (Å²) in [5.41, 5.74) is 4.70. The van der Waals surface area contributed by atoms with Crippen LogP contribution in [0.2, 0.25) is 0 Å². The maximum Gasteiger partial charge on any atom is 0.137 e. The third-order valence-corrected chi connectivity index (χ3v) is 4.47. The van der Waals surface area contributed by atoms with E-state index in [9.17, 15) is 5.11 Å². The van der Waals surface area contributed by atoms with Gasteiger partial charge in [0.05, 0.1) is 11.2 Å². The van der Waals surface area contributed by atoms with E-state index in [4.69, 9.17) is 9.40 Å². The second-order valence-electron chi connectivity index (χ2n) is 6.11. The van der Waals surface area contributed by atoms with Crippen molar-refractivity contribution in [3.63, 3.8) is 0 Å². The summed E-state index contributed by atoms with van der Waals surface area (Å²) in [6, 6.07) is 17.6. The van der Waals surface area contributed by atoms with Gasteiger partial charge in [-0.2, -0.15) is 0 Å². The highest BCUT2D eigenvalue weighted by Crippen LogP contribution is 2.28. The highest BCUT2D eigenvalue weighted by molar-refractivity contribution is 5.93. The van der Waals surface area contributed by atoms with Gasteiger partial charge in [0.25, 0.3) is 0 Å². The van der Waals surface area contributed by atoms with Crippen LogP contribution in [0.3, 0.4) is 0 Å². The minimum Gasteiger partial charge on any atom is -0.459 e. The molecule has 1 aromatic carbocycles. The van der Waals surface area contributed by atoms with Crippen LogP contribution in [0.25, 0.3) is 39.1 Å². The molecule has 5 aromatic rings. The van der Waals surface area contributed by atoms with Crippen molar-refractivity contribution in [2.45, 2.75) is 6.61 Å². The molecule has 0 saturated heterocycles. The summed E-state index contributed by atoms with van der Waals surface area (Å²) in [6.45, 7) is -0.105. The van der Waals surface area contributed by atoms with E-state index in [0.717, 1.165) is 39.1 Å². The number of rotatable bonds is 3. The zero-order valence-electron chi connectivity index (χ0n) is 13.8. The summed E-state index contributed by atoms with van der Waals surface area (Å²) in [5, 5.41) is 10.3. The minimum atomic E-state index is -0.105. The zero-order valence-corrected chi connectivity index (χ0v) is 13.8. The number of imidazole rings is 1. The number of pyridine rings is 2. The van der Waals surface area contributed by atoms with Gasteiger partial charge in [-0.1, -0.05) is 18.2 Å². The SMILES string of the molecule is OCc1ccc(-c2ccc3nc(-c4cccc5ncccc45)cn3c2)o1. The minimum absolute atomic E-state index is 0.105. The largest absolute Gasteiger partial charge is 0.459 e. The Labute approximate surface area is 149 Å². The Morgan fingerprint density at radius 2 is 1.92 bits per heavy atom. The number of aliphatic hydroxyl groups is 1. The molecule has 5 nitrogen and oxygen atoms in total. The van der Waals surface area contributed by atoms with Crippen molar-refractivity contribution in [3.8, 4) is 22.6 Å².